The first kappa shape index (κ1) is 105. The molecular formula is C92H126FN17O21S. The van der Waals surface area contributed by atoms with Crippen LogP contribution in [0.25, 0.3) is 0 Å². The standard InChI is InChI=1S/C92H126FN17O21S/c1-6-7-23-72-87(127)107-92(2,3)90(130)106-69(50-57-44-58-19-11-12-20-59(58)45-57)84(124)104-70(49-54-25-31-60(93)32-26-54)88(128)110-43-16-24-73(110)86(126)103-68(48-56-29-35-62(112)36-30-56)82(122)102-67(47-55-27-33-61(111)34-28-55)81(121)100-65(22-15-42-97-91(96)131)79(119)99-64(21-13-14-41-94)80(120)101-66(46-53-17-9-8-10-18-53)83(123)105-71(85(125)98-63(78(95)118)37-39-76(114)115)51-132-52-75(113)108(4)74(38-40-77(116)117)89(129)109(72)5/h11-12,19-20,25-36,51,53,57,63-70,72-74,111-112H,6-10,13-18,21-24,37-50,52,94H2,1-5H3,(H2,95,118)(H,98,125)(H,99,119)(H,100,121)(H,101,120)(H,102,122)(H,103,126)(H,104,124)(H,105,123)(H,106,130)(H,107,127)(H,114,115)(H,116,117)(H3,96,97,131)/b71-51+/t63-,64-,65+,66+,67+,68+,69+,70+,72+,73+,74+/m1/s1. The van der Waals surface area contributed by atoms with Crippen LogP contribution in [0.2, 0.25) is 0 Å². The highest BCUT2D eigenvalue weighted by atomic mass is 32.2. The Morgan fingerprint density at radius 1 is 0.538 bits per heavy atom. The van der Waals surface area contributed by atoms with Gasteiger partial charge in [-0.1, -0.05) is 113 Å². The van der Waals surface area contributed by atoms with Gasteiger partial charge in [0.2, 0.25) is 76.8 Å². The molecule has 16 amide bonds. The number of fused-ring (bicyclic) bond motifs is 2. The van der Waals surface area contributed by atoms with E-state index in [0.29, 0.717) is 67.0 Å². The average Bonchev–Trinajstić information content (AvgIpc) is 1.46. The summed E-state index contributed by atoms with van der Waals surface area (Å²) in [7, 11) is 2.44. The predicted molar refractivity (Wildman–Crippen MR) is 483 cm³/mol. The summed E-state index contributed by atoms with van der Waals surface area (Å²) in [5.74, 6) is -18.7. The molecule has 38 nitrogen and oxygen atoms in total. The van der Waals surface area contributed by atoms with E-state index in [0.717, 1.165) is 57.7 Å². The van der Waals surface area contributed by atoms with Crippen molar-refractivity contribution < 1.29 is 106 Å². The molecule has 1 saturated carbocycles. The van der Waals surface area contributed by atoms with E-state index in [2.05, 4.69) is 58.5 Å². The maximum atomic E-state index is 15.7. The maximum Gasteiger partial charge on any atom is 0.312 e. The average molecular weight is 1860 g/mol. The fourth-order valence-electron chi connectivity index (χ4n) is 16.7. The van der Waals surface area contributed by atoms with Gasteiger partial charge in [0, 0.05) is 64.7 Å². The molecule has 4 aliphatic rings. The quantitative estimate of drug-likeness (QED) is 0.0333. The summed E-state index contributed by atoms with van der Waals surface area (Å²) in [6, 6.07) is 5.53. The molecule has 2 aliphatic carbocycles. The fourth-order valence-corrected chi connectivity index (χ4v) is 17.5. The molecule has 4 aromatic rings. The Kier molecular flexibility index (Phi) is 40.6. The third-order valence-electron chi connectivity index (χ3n) is 24.2. The van der Waals surface area contributed by atoms with Gasteiger partial charge >= 0.3 is 18.0 Å². The van der Waals surface area contributed by atoms with E-state index in [1.807, 2.05) is 24.3 Å². The van der Waals surface area contributed by atoms with Crippen LogP contribution in [0.1, 0.15) is 183 Å². The van der Waals surface area contributed by atoms with Crippen LogP contribution in [0.4, 0.5) is 9.18 Å². The molecule has 1 saturated heterocycles. The first-order chi connectivity index (χ1) is 62.8. The second-order valence-corrected chi connectivity index (χ2v) is 35.6. The van der Waals surface area contributed by atoms with Crippen molar-refractivity contribution in [3.8, 4) is 11.5 Å². The Bertz CT molecular complexity index is 4740. The number of amides is 16. The van der Waals surface area contributed by atoms with Gasteiger partial charge in [-0.3, -0.25) is 76.7 Å². The van der Waals surface area contributed by atoms with Crippen molar-refractivity contribution in [2.45, 2.75) is 260 Å². The molecule has 0 radical (unpaired) electrons. The van der Waals surface area contributed by atoms with Crippen LogP contribution in [0.3, 0.4) is 0 Å². The number of nitrogens with zero attached hydrogens (tertiary/aromatic N) is 3. The highest BCUT2D eigenvalue weighted by molar-refractivity contribution is 8.02. The number of phenols is 2. The number of likely N-dealkylation sites (N-methyl/N-ethyl adjacent to an activating group) is 2. The Balaban J connectivity index is 1.26. The zero-order valence-electron chi connectivity index (χ0n) is 75.1. The molecule has 0 unspecified atom stereocenters. The number of carboxylic acids is 2. The number of rotatable bonds is 30. The molecule has 0 spiro atoms. The molecule has 718 valence electrons. The van der Waals surface area contributed by atoms with Crippen LogP contribution < -0.4 is 75.7 Å². The predicted octanol–water partition coefficient (Wildman–Crippen LogP) is 2.15. The molecule has 132 heavy (non-hydrogen) atoms. The van der Waals surface area contributed by atoms with E-state index in [4.69, 9.17) is 17.2 Å². The molecule has 40 heteroatoms. The zero-order chi connectivity index (χ0) is 96.5. The summed E-state index contributed by atoms with van der Waals surface area (Å²) >= 11 is 0.556. The van der Waals surface area contributed by atoms with Gasteiger partial charge < -0.3 is 111 Å². The Morgan fingerprint density at radius 2 is 1.05 bits per heavy atom. The Hall–Kier alpha value is -12.7. The number of unbranched alkanes of at least 4 members (excludes halogenated alkanes) is 2. The van der Waals surface area contributed by atoms with Crippen LogP contribution in [0.5, 0.6) is 11.5 Å². The van der Waals surface area contributed by atoms with E-state index >= 15 is 52.7 Å². The number of urea groups is 1. The van der Waals surface area contributed by atoms with Crippen molar-refractivity contribution in [2.24, 2.45) is 29.0 Å². The van der Waals surface area contributed by atoms with Gasteiger partial charge in [0.05, 0.1) is 5.75 Å². The summed E-state index contributed by atoms with van der Waals surface area (Å²) in [5, 5.41) is 71.0. The number of carbonyl (C=O) groups is 17. The lowest BCUT2D eigenvalue weighted by Gasteiger charge is -2.36. The number of hydrogen-bond acceptors (Lipinski definition) is 21. The van der Waals surface area contributed by atoms with Crippen molar-refractivity contribution in [1.29, 1.82) is 0 Å². The normalized spacial score (nSPS) is 23.4. The summed E-state index contributed by atoms with van der Waals surface area (Å²) in [5.41, 5.74) is 17.4. The lowest BCUT2D eigenvalue weighted by atomic mass is 9.84. The number of primary amides is 2. The lowest BCUT2D eigenvalue weighted by Crippen LogP contribution is -2.63. The van der Waals surface area contributed by atoms with E-state index in [1.54, 1.807) is 6.92 Å². The topological polar surface area (TPSA) is 591 Å². The first-order valence-corrected chi connectivity index (χ1v) is 45.9. The van der Waals surface area contributed by atoms with Crippen molar-refractivity contribution in [2.75, 3.05) is 39.5 Å². The summed E-state index contributed by atoms with van der Waals surface area (Å²) in [6.45, 7) is 4.36. The van der Waals surface area contributed by atoms with Gasteiger partial charge in [-0.25, -0.2) is 9.18 Å². The Labute approximate surface area is 769 Å². The number of phenolic OH excluding ortho intramolecular Hbond substituents is 2. The van der Waals surface area contributed by atoms with Gasteiger partial charge in [0.25, 0.3) is 5.91 Å². The third kappa shape index (κ3) is 32.4. The minimum Gasteiger partial charge on any atom is -0.508 e. The molecular weight excluding hydrogens is 1730 g/mol. The monoisotopic (exact) mass is 1860 g/mol. The minimum absolute atomic E-state index is 0.00957. The summed E-state index contributed by atoms with van der Waals surface area (Å²) < 4.78 is 14.7. The fraction of sp³-hybridized carbons (Fsp3) is 0.533. The SMILES string of the molecule is CCCC[C@H]1C(=O)NC(C)(C)C(=O)N[C@@H](CC2Cc3ccccc3C2)C(=O)N[C@@H](Cc2ccc(F)cc2)C(=O)N2CCC[C@H]2C(=O)N[C@@H](Cc2ccc(O)cc2)C(=O)N[C@@H](Cc2ccc(O)cc2)C(=O)N[C@@H](CCCNC(N)=O)C(=O)N[C@H](CCCCN)C(=O)N[C@@H](CC2CCCCC2)C(=O)N/C(C(=O)N[C@H](CCC(=O)O)C(N)=O)=C/SCC(=O)N(C)[C@@H](CCC(=O)O)C(=O)N1C. The van der Waals surface area contributed by atoms with E-state index in [-0.39, 0.29) is 126 Å². The van der Waals surface area contributed by atoms with Crippen molar-refractivity contribution in [3.63, 3.8) is 0 Å². The Morgan fingerprint density at radius 3 is 1.60 bits per heavy atom. The van der Waals surface area contributed by atoms with Crippen molar-refractivity contribution >= 4 is 112 Å². The van der Waals surface area contributed by atoms with Crippen molar-refractivity contribution in [3.05, 3.63) is 142 Å². The number of halogens is 1. The van der Waals surface area contributed by atoms with Gasteiger partial charge in [0.1, 0.15) is 95.0 Å². The number of thioether (sulfide) groups is 1. The third-order valence-corrected chi connectivity index (χ3v) is 25.0. The van der Waals surface area contributed by atoms with E-state index in [9.17, 15) is 53.6 Å². The highest BCUT2D eigenvalue weighted by Gasteiger charge is 2.45. The number of nitrogens with two attached hydrogens (primary N) is 3. The van der Waals surface area contributed by atoms with Crippen molar-refractivity contribution in [1.82, 2.24) is 73.2 Å². The molecule has 0 aromatic heterocycles. The second-order valence-electron chi connectivity index (χ2n) is 34.8. The highest BCUT2D eigenvalue weighted by Crippen LogP contribution is 2.32. The molecule has 2 aliphatic heterocycles. The van der Waals surface area contributed by atoms with Gasteiger partial charge in [-0.05, 0) is 186 Å². The number of carbonyl (C=O) groups excluding carboxylic acids is 15. The molecule has 21 N–H and O–H groups in total. The number of aliphatic carboxylic acids is 2. The van der Waals surface area contributed by atoms with Crippen LogP contribution in [0, 0.1) is 17.7 Å². The van der Waals surface area contributed by atoms with Gasteiger partial charge in [-0.2, -0.15) is 0 Å². The number of nitrogens with one attached hydrogen (secondary N) is 11. The number of benzene rings is 4. The molecule has 11 atom stereocenters. The minimum atomic E-state index is -1.95. The first-order valence-electron chi connectivity index (χ1n) is 44.9. The van der Waals surface area contributed by atoms with Gasteiger partial charge in [0.15, 0.2) is 0 Å². The second kappa shape index (κ2) is 51.2. The zero-order valence-corrected chi connectivity index (χ0v) is 75.9. The number of hydrogen-bond donors (Lipinski definition) is 18. The smallest absolute Gasteiger partial charge is 0.312 e. The molecule has 2 fully saturated rings. The number of aromatic hydroxyl groups is 2. The maximum absolute atomic E-state index is 15.7. The van der Waals surface area contributed by atoms with Gasteiger partial charge in [-0.15, -0.1) is 11.8 Å². The van der Waals surface area contributed by atoms with Crippen LogP contribution >= 0.6 is 11.8 Å². The number of carboxylic acid groups (broad SMARTS) is 2. The van der Waals surface area contributed by atoms with Crippen LogP contribution in [-0.2, 0) is 109 Å². The molecule has 2 heterocycles. The largest absolute Gasteiger partial charge is 0.508 e. The summed E-state index contributed by atoms with van der Waals surface area (Å²) in [6.07, 6.45) is 1.54. The van der Waals surface area contributed by atoms with Crippen LogP contribution in [0.15, 0.2) is 108 Å². The van der Waals surface area contributed by atoms with E-state index in [1.165, 1.54) is 93.5 Å². The van der Waals surface area contributed by atoms with E-state index < -0.39 is 216 Å². The molecule has 4 aromatic carbocycles. The molecule has 0 bridgehead atoms. The van der Waals surface area contributed by atoms with Crippen LogP contribution in [-0.4, -0.2) is 247 Å². The summed E-state index contributed by atoms with van der Waals surface area (Å²) in [4.78, 5) is 250. The molecule has 8 rings (SSSR count). The lowest BCUT2D eigenvalue weighted by molar-refractivity contribution is -0.149.